The van der Waals surface area contributed by atoms with Gasteiger partial charge in [-0.2, -0.15) is 149 Å². The van der Waals surface area contributed by atoms with Crippen LogP contribution < -0.4 is 0 Å². The molecular weight excluding hydrogens is 950 g/mol. The second kappa shape index (κ2) is 13.9. The van der Waals surface area contributed by atoms with Crippen LogP contribution in [0.1, 0.15) is 0 Å². The smallest absolute Gasteiger partial charge is 0.393 e. The lowest BCUT2D eigenvalue weighted by molar-refractivity contribution is -0.473. The Kier molecular flexibility index (Phi) is 13.0. The molecule has 0 bridgehead atoms. The van der Waals surface area contributed by atoms with Crippen LogP contribution in [0.25, 0.3) is 0 Å². The van der Waals surface area contributed by atoms with Crippen LogP contribution >= 0.6 is 0 Å². The minimum Gasteiger partial charge on any atom is -0.393 e. The van der Waals surface area contributed by atoms with Crippen molar-refractivity contribution in [2.75, 3.05) is 0 Å². The highest BCUT2D eigenvalue weighted by molar-refractivity contribution is 5.91. The Morgan fingerprint density at radius 1 is 0.241 bits per heavy atom. The fourth-order valence-corrected chi connectivity index (χ4v) is 2.88. The van der Waals surface area contributed by atoms with E-state index in [2.05, 4.69) is 0 Å². The van der Waals surface area contributed by atoms with E-state index in [1.54, 1.807) is 0 Å². The third kappa shape index (κ3) is 7.30. The Bertz CT molecular complexity index is 1450. The number of carbonyl (C=O) groups excluding carboxylic acids is 2. The quantitative estimate of drug-likeness (QED) is 0.0879. The summed E-state index contributed by atoms with van der Waals surface area (Å²) in [5.41, 5.74) is 0. The maximum Gasteiger partial charge on any atom is 0.473 e. The molecule has 0 aliphatic rings. The fourth-order valence-electron chi connectivity index (χ4n) is 2.88. The number of carbonyl (C=O) groups is 2. The van der Waals surface area contributed by atoms with Gasteiger partial charge < -0.3 is 9.47 Å². The summed E-state index contributed by atoms with van der Waals surface area (Å²) in [7, 11) is 0. The average Bonchev–Trinajstić information content (AvgIpc) is 2.97. The molecule has 0 amide bonds. The molecule has 38 heteroatoms. The van der Waals surface area contributed by atoms with E-state index >= 15 is 0 Å². The molecule has 0 aliphatic carbocycles. The highest BCUT2D eigenvalue weighted by atomic mass is 19.4. The van der Waals surface area contributed by atoms with Gasteiger partial charge in [0.15, 0.2) is 0 Å². The Morgan fingerprint density at radius 2 is 0.379 bits per heavy atom. The third-order valence-electron chi connectivity index (χ3n) is 6.20. The molecule has 0 fully saturated rings. The first-order valence-corrected chi connectivity index (χ1v) is 12.1. The zero-order valence-electron chi connectivity index (χ0n) is 24.6. The van der Waals surface area contributed by atoms with Crippen molar-refractivity contribution in [2.45, 2.75) is 95.6 Å². The van der Waals surface area contributed by atoms with Crippen molar-refractivity contribution < 1.29 is 168 Å². The average molecular weight is 952 g/mol. The topological polar surface area (TPSA) is 52.6 Å². The van der Waals surface area contributed by atoms with Crippen LogP contribution in [0.2, 0.25) is 0 Å². The van der Waals surface area contributed by atoms with E-state index < -0.39 is 120 Å². The summed E-state index contributed by atoms with van der Waals surface area (Å²) in [4.78, 5) is 22.2. The molecule has 0 spiro atoms. The van der Waals surface area contributed by atoms with Crippen LogP contribution in [-0.2, 0) is 19.1 Å². The molecule has 0 aromatic carbocycles. The lowest BCUT2D eigenvalue weighted by atomic mass is 9.90. The Balaban J connectivity index is 6.66. The monoisotopic (exact) mass is 952 g/mol. The first kappa shape index (κ1) is 54.3. The molecule has 0 saturated carbocycles. The molecule has 0 saturated heterocycles. The summed E-state index contributed by atoms with van der Waals surface area (Å²) >= 11 is 0. The molecule has 0 rings (SSSR count). The Labute approximate surface area is 289 Å². The number of hydrogen-bond acceptors (Lipinski definition) is 4. The number of alkyl halides is 34. The van der Waals surface area contributed by atoms with Crippen LogP contribution in [0, 0.1) is 0 Å². The molecule has 58 heavy (non-hydrogen) atoms. The van der Waals surface area contributed by atoms with Crippen molar-refractivity contribution >= 4 is 11.9 Å². The largest absolute Gasteiger partial charge is 0.473 e. The van der Waals surface area contributed by atoms with Gasteiger partial charge in [0.2, 0.25) is 0 Å². The molecule has 0 aliphatic heterocycles. The summed E-state index contributed by atoms with van der Waals surface area (Å²) < 4.78 is 451. The first-order chi connectivity index (χ1) is 24.5. The van der Waals surface area contributed by atoms with Gasteiger partial charge in [-0.25, -0.2) is 9.59 Å². The molecule has 0 aromatic rings. The normalized spacial score (nSPS) is 16.5. The second-order valence-electron chi connectivity index (χ2n) is 10.1. The second-order valence-corrected chi connectivity index (χ2v) is 10.1. The molecule has 0 aromatic heterocycles. The minimum atomic E-state index is -9.29. The molecule has 0 atom stereocenters. The van der Waals surface area contributed by atoms with Crippen LogP contribution in [0.4, 0.5) is 149 Å². The lowest BCUT2D eigenvalue weighted by Gasteiger charge is -2.42. The van der Waals surface area contributed by atoms with Crippen molar-refractivity contribution in [2.24, 2.45) is 0 Å². The van der Waals surface area contributed by atoms with Gasteiger partial charge in [-0.05, 0) is 0 Å². The third-order valence-corrected chi connectivity index (χ3v) is 6.20. The van der Waals surface area contributed by atoms with Gasteiger partial charge in [0, 0.05) is 12.2 Å². The summed E-state index contributed by atoms with van der Waals surface area (Å²) in [5.74, 6) is -116. The van der Waals surface area contributed by atoms with E-state index in [1.165, 1.54) is 0 Å². The van der Waals surface area contributed by atoms with Gasteiger partial charge in [0.1, 0.15) is 0 Å². The van der Waals surface area contributed by atoms with Crippen molar-refractivity contribution in [1.29, 1.82) is 0 Å². The maximum atomic E-state index is 13.7. The van der Waals surface area contributed by atoms with Crippen molar-refractivity contribution in [1.82, 2.24) is 0 Å². The summed E-state index contributed by atoms with van der Waals surface area (Å²) in [6.45, 7) is 0. The van der Waals surface area contributed by atoms with Gasteiger partial charge in [-0.15, -0.1) is 0 Å². The molecule has 344 valence electrons. The van der Waals surface area contributed by atoms with E-state index in [4.69, 9.17) is 0 Å². The van der Waals surface area contributed by atoms with Crippen LogP contribution in [0.15, 0.2) is 12.2 Å². The first-order valence-electron chi connectivity index (χ1n) is 12.1. The zero-order chi connectivity index (χ0) is 48.0. The Morgan fingerprint density at radius 3 is 0.534 bits per heavy atom. The predicted octanol–water partition coefficient (Wildman–Crippen LogP) is 10.6. The number of esters is 2. The molecule has 0 N–H and O–H groups in total. The van der Waals surface area contributed by atoms with E-state index in [0.29, 0.717) is 0 Å². The highest BCUT2D eigenvalue weighted by Crippen LogP contribution is 2.66. The minimum absolute atomic E-state index is 1.82. The highest BCUT2D eigenvalue weighted by Gasteiger charge is 2.97. The molecule has 0 radical (unpaired) electrons. The van der Waals surface area contributed by atoms with Crippen LogP contribution in [0.3, 0.4) is 0 Å². The van der Waals surface area contributed by atoms with E-state index in [-0.39, 0.29) is 0 Å². The maximum absolute atomic E-state index is 13.7. The fraction of sp³-hybridized carbons (Fsp3) is 0.800. The molecule has 0 unspecified atom stereocenters. The summed E-state index contributed by atoms with van der Waals surface area (Å²) in [5, 5.41) is 0. The number of hydrogen-bond donors (Lipinski definition) is 0. The molecule has 0 heterocycles. The number of ether oxygens (including phenoxy) is 2. The number of halogens is 34. The van der Waals surface area contributed by atoms with Crippen molar-refractivity contribution in [3.05, 3.63) is 12.2 Å². The van der Waals surface area contributed by atoms with Gasteiger partial charge in [0.05, 0.1) is 0 Å². The van der Waals surface area contributed by atoms with Gasteiger partial charge >= 0.3 is 108 Å². The van der Waals surface area contributed by atoms with Crippen LogP contribution in [-0.4, -0.2) is 108 Å². The molecule has 4 nitrogen and oxygen atoms in total. The number of rotatable bonds is 16. The Hall–Kier alpha value is -3.70. The summed E-state index contributed by atoms with van der Waals surface area (Å²) in [6, 6.07) is 0. The van der Waals surface area contributed by atoms with Gasteiger partial charge in [-0.1, -0.05) is 0 Å². The van der Waals surface area contributed by atoms with E-state index in [9.17, 15) is 159 Å². The zero-order valence-corrected chi connectivity index (χ0v) is 24.6. The standard InChI is InChI=1S/C20H2F34O4/c21-5(22,9(29,30)13(37,38)17(45,46)47)7(25,26)11(33,34)15(41,42)19(51,52)57-3(55)1-2-4(56)58-20(53,54)16(43,44)12(35,36)8(27,28)6(23,24)10(31,32)14(39,40)18(48,49)50/h1-2H. The van der Waals surface area contributed by atoms with Crippen molar-refractivity contribution in [3.8, 4) is 0 Å². The van der Waals surface area contributed by atoms with E-state index in [0.717, 1.165) is 0 Å². The summed E-state index contributed by atoms with van der Waals surface area (Å²) in [6.07, 6.45) is -36.2. The lowest BCUT2D eigenvalue weighted by Crippen LogP contribution is -2.74. The predicted molar refractivity (Wildman–Crippen MR) is 103 cm³/mol. The van der Waals surface area contributed by atoms with Gasteiger partial charge in [0.25, 0.3) is 0 Å². The molecular formula is C20H2F34O4. The van der Waals surface area contributed by atoms with Gasteiger partial charge in [-0.3, -0.25) is 0 Å². The van der Waals surface area contributed by atoms with Crippen molar-refractivity contribution in [3.63, 3.8) is 0 Å². The SMILES string of the molecule is O=C(C=CC(=O)OC(F)(F)C(F)(F)C(F)(F)C(F)(F)C(F)(F)C(F)(F)C(F)(F)C(F)(F)F)OC(F)(F)C(F)(F)C(F)(F)C(F)(F)C(F)(F)C(F)(F)C(F)(F)C(F)(F)F. The van der Waals surface area contributed by atoms with E-state index in [1.807, 2.05) is 9.47 Å². The van der Waals surface area contributed by atoms with Crippen LogP contribution in [0.5, 0.6) is 0 Å².